The molecule has 72 valence electrons. The van der Waals surface area contributed by atoms with Crippen molar-refractivity contribution >= 4 is 0 Å². The Bertz CT molecular complexity index is 198. The maximum Gasteiger partial charge on any atom is 0.421 e. The highest BCUT2D eigenvalue weighted by molar-refractivity contribution is 5.20. The fourth-order valence-electron chi connectivity index (χ4n) is 1.41. The summed E-state index contributed by atoms with van der Waals surface area (Å²) in [5.74, 6) is 0. The molecule has 0 aromatic rings. The van der Waals surface area contributed by atoms with Crippen molar-refractivity contribution in [3.05, 3.63) is 0 Å². The quantitative estimate of drug-likeness (QED) is 0.621. The van der Waals surface area contributed by atoms with Gasteiger partial charge in [0.15, 0.2) is 0 Å². The maximum absolute atomic E-state index is 12.7. The molecule has 2 unspecified atom stereocenters. The van der Waals surface area contributed by atoms with Crippen molar-refractivity contribution in [3.8, 4) is 0 Å². The van der Waals surface area contributed by atoms with E-state index in [1.165, 1.54) is 13.8 Å². The largest absolute Gasteiger partial charge is 0.421 e. The molecule has 1 rings (SSSR count). The summed E-state index contributed by atoms with van der Waals surface area (Å²) >= 11 is 0. The standard InChI is InChI=1S/C7H11F4N/c1-5(2)3-6(5,12)4(8)7(9,10)11/h4H,3,12H2,1-2H3. The van der Waals surface area contributed by atoms with Gasteiger partial charge in [0.25, 0.3) is 0 Å². The minimum Gasteiger partial charge on any atom is -0.322 e. The number of hydrogen-bond donors (Lipinski definition) is 1. The average Bonchev–Trinajstić information content (AvgIpc) is 2.30. The summed E-state index contributed by atoms with van der Waals surface area (Å²) in [6, 6.07) is 0. The third-order valence-corrected chi connectivity index (χ3v) is 2.61. The maximum atomic E-state index is 12.7. The molecule has 2 N–H and O–H groups in total. The van der Waals surface area contributed by atoms with Crippen LogP contribution in [0.15, 0.2) is 0 Å². The second-order valence-corrected chi connectivity index (χ2v) is 4.01. The van der Waals surface area contributed by atoms with Crippen molar-refractivity contribution in [1.82, 2.24) is 0 Å². The lowest BCUT2D eigenvalue weighted by molar-refractivity contribution is -0.191. The van der Waals surface area contributed by atoms with E-state index in [1.807, 2.05) is 0 Å². The van der Waals surface area contributed by atoms with Gasteiger partial charge in [-0.15, -0.1) is 0 Å². The molecule has 1 aliphatic carbocycles. The lowest BCUT2D eigenvalue weighted by atomic mass is 10.0. The van der Waals surface area contributed by atoms with Crippen LogP contribution in [0.25, 0.3) is 0 Å². The summed E-state index contributed by atoms with van der Waals surface area (Å²) < 4.78 is 48.3. The van der Waals surface area contributed by atoms with Crippen LogP contribution in [-0.2, 0) is 0 Å². The van der Waals surface area contributed by atoms with Gasteiger partial charge >= 0.3 is 6.18 Å². The number of hydrogen-bond acceptors (Lipinski definition) is 1. The van der Waals surface area contributed by atoms with Gasteiger partial charge in [0.2, 0.25) is 6.17 Å². The van der Waals surface area contributed by atoms with Crippen LogP contribution in [-0.4, -0.2) is 17.9 Å². The first kappa shape index (κ1) is 9.77. The van der Waals surface area contributed by atoms with Crippen molar-refractivity contribution in [2.24, 2.45) is 11.1 Å². The third kappa shape index (κ3) is 1.20. The fourth-order valence-corrected chi connectivity index (χ4v) is 1.41. The SMILES string of the molecule is CC1(C)CC1(N)C(F)C(F)(F)F. The first-order chi connectivity index (χ1) is 5.11. The topological polar surface area (TPSA) is 26.0 Å². The summed E-state index contributed by atoms with van der Waals surface area (Å²) in [6.45, 7) is 3.07. The molecule has 0 spiro atoms. The molecule has 0 aliphatic heterocycles. The smallest absolute Gasteiger partial charge is 0.322 e. The predicted octanol–water partition coefficient (Wildman–Crippen LogP) is 2.01. The van der Waals surface area contributed by atoms with Crippen LogP contribution in [0, 0.1) is 5.41 Å². The molecule has 12 heavy (non-hydrogen) atoms. The Morgan fingerprint density at radius 1 is 1.33 bits per heavy atom. The molecular formula is C7H11F4N. The highest BCUT2D eigenvalue weighted by atomic mass is 19.4. The Labute approximate surface area is 67.9 Å². The first-order valence-electron chi connectivity index (χ1n) is 3.61. The second-order valence-electron chi connectivity index (χ2n) is 4.01. The van der Waals surface area contributed by atoms with Gasteiger partial charge in [0.1, 0.15) is 0 Å². The first-order valence-corrected chi connectivity index (χ1v) is 3.61. The van der Waals surface area contributed by atoms with Crippen molar-refractivity contribution in [3.63, 3.8) is 0 Å². The average molecular weight is 185 g/mol. The van der Waals surface area contributed by atoms with Crippen LogP contribution in [0.5, 0.6) is 0 Å². The molecule has 0 amide bonds. The minimum atomic E-state index is -4.83. The van der Waals surface area contributed by atoms with E-state index in [0.29, 0.717) is 0 Å². The zero-order valence-electron chi connectivity index (χ0n) is 6.87. The van der Waals surface area contributed by atoms with Gasteiger partial charge in [-0.2, -0.15) is 13.2 Å². The molecule has 5 heteroatoms. The molecule has 2 atom stereocenters. The predicted molar refractivity (Wildman–Crippen MR) is 36.3 cm³/mol. The molecule has 1 saturated carbocycles. The fraction of sp³-hybridized carbons (Fsp3) is 1.00. The van der Waals surface area contributed by atoms with Gasteiger partial charge in [-0.1, -0.05) is 13.8 Å². The summed E-state index contributed by atoms with van der Waals surface area (Å²) in [5, 5.41) is 0. The van der Waals surface area contributed by atoms with Crippen molar-refractivity contribution in [2.75, 3.05) is 0 Å². The Morgan fingerprint density at radius 3 is 1.75 bits per heavy atom. The minimum absolute atomic E-state index is 0.0840. The molecule has 1 fully saturated rings. The Morgan fingerprint density at radius 2 is 1.67 bits per heavy atom. The van der Waals surface area contributed by atoms with Gasteiger partial charge in [0.05, 0.1) is 5.54 Å². The van der Waals surface area contributed by atoms with Crippen LogP contribution in [0.1, 0.15) is 20.3 Å². The van der Waals surface area contributed by atoms with Gasteiger partial charge in [-0.3, -0.25) is 0 Å². The number of rotatable bonds is 1. The highest BCUT2D eigenvalue weighted by Crippen LogP contribution is 2.59. The summed E-state index contributed by atoms with van der Waals surface area (Å²) in [4.78, 5) is 0. The normalized spacial score (nSPS) is 36.2. The molecule has 0 aromatic carbocycles. The Balaban J connectivity index is 2.75. The molecule has 0 radical (unpaired) electrons. The van der Waals surface area contributed by atoms with Gasteiger partial charge in [-0.25, -0.2) is 4.39 Å². The van der Waals surface area contributed by atoms with Crippen molar-refractivity contribution in [1.29, 1.82) is 0 Å². The third-order valence-electron chi connectivity index (χ3n) is 2.61. The lowest BCUT2D eigenvalue weighted by Gasteiger charge is -2.21. The number of alkyl halides is 4. The highest BCUT2D eigenvalue weighted by Gasteiger charge is 2.70. The van der Waals surface area contributed by atoms with Crippen LogP contribution < -0.4 is 5.73 Å². The Hall–Kier alpha value is -0.320. The monoisotopic (exact) mass is 185 g/mol. The molecule has 0 heterocycles. The molecule has 0 bridgehead atoms. The Kier molecular flexibility index (Phi) is 1.73. The van der Waals surface area contributed by atoms with Crippen LogP contribution in [0.3, 0.4) is 0 Å². The summed E-state index contributed by atoms with van der Waals surface area (Å²) in [7, 11) is 0. The van der Waals surface area contributed by atoms with Crippen molar-refractivity contribution in [2.45, 2.75) is 38.2 Å². The molecule has 1 aliphatic rings. The number of nitrogens with two attached hydrogens (primary N) is 1. The van der Waals surface area contributed by atoms with E-state index in [0.717, 1.165) is 0 Å². The van der Waals surface area contributed by atoms with Crippen molar-refractivity contribution < 1.29 is 17.6 Å². The van der Waals surface area contributed by atoms with Crippen LogP contribution in [0.2, 0.25) is 0 Å². The molecule has 0 aromatic heterocycles. The molecule has 0 saturated heterocycles. The van der Waals surface area contributed by atoms with Gasteiger partial charge in [0, 0.05) is 0 Å². The van der Waals surface area contributed by atoms with Gasteiger partial charge < -0.3 is 5.73 Å². The lowest BCUT2D eigenvalue weighted by Crippen LogP contribution is -2.47. The summed E-state index contributed by atoms with van der Waals surface area (Å²) in [6.07, 6.45) is -7.65. The summed E-state index contributed by atoms with van der Waals surface area (Å²) in [5.41, 5.74) is 2.82. The van der Waals surface area contributed by atoms with E-state index in [9.17, 15) is 17.6 Å². The van der Waals surface area contributed by atoms with Crippen LogP contribution >= 0.6 is 0 Å². The van der Waals surface area contributed by atoms with E-state index in [-0.39, 0.29) is 6.42 Å². The number of halogens is 4. The van der Waals surface area contributed by atoms with Crippen LogP contribution in [0.4, 0.5) is 17.6 Å². The second kappa shape index (κ2) is 2.13. The zero-order chi connectivity index (χ0) is 9.78. The molecular weight excluding hydrogens is 174 g/mol. The van der Waals surface area contributed by atoms with E-state index < -0.39 is 23.3 Å². The van der Waals surface area contributed by atoms with E-state index in [1.54, 1.807) is 0 Å². The zero-order valence-corrected chi connectivity index (χ0v) is 6.87. The van der Waals surface area contributed by atoms with Gasteiger partial charge in [-0.05, 0) is 11.8 Å². The molecule has 1 nitrogen and oxygen atoms in total. The van der Waals surface area contributed by atoms with E-state index in [4.69, 9.17) is 5.73 Å². The van der Waals surface area contributed by atoms with E-state index >= 15 is 0 Å². The van der Waals surface area contributed by atoms with E-state index in [2.05, 4.69) is 0 Å².